The van der Waals surface area contributed by atoms with Crippen LogP contribution in [0.3, 0.4) is 0 Å². The summed E-state index contributed by atoms with van der Waals surface area (Å²) < 4.78 is 6.02. The van der Waals surface area contributed by atoms with E-state index in [0.717, 1.165) is 28.0 Å². The van der Waals surface area contributed by atoms with Gasteiger partial charge in [0.25, 0.3) is 0 Å². The van der Waals surface area contributed by atoms with Crippen LogP contribution in [0.25, 0.3) is 22.3 Å². The fraction of sp³-hybridized carbons (Fsp3) is 0.174. The van der Waals surface area contributed by atoms with E-state index in [1.807, 2.05) is 42.5 Å². The molecule has 0 bridgehead atoms. The first-order valence-corrected chi connectivity index (χ1v) is 8.83. The lowest BCUT2D eigenvalue weighted by Crippen LogP contribution is -2.06. The second-order valence-electron chi connectivity index (χ2n) is 6.69. The number of rotatable bonds is 6. The average molecular weight is 344 g/mol. The average Bonchev–Trinajstić information content (AvgIpc) is 3.48. The molecule has 2 atom stereocenters. The van der Waals surface area contributed by atoms with Crippen molar-refractivity contribution in [1.82, 2.24) is 0 Å². The fourth-order valence-electron chi connectivity index (χ4n) is 3.24. The van der Waals surface area contributed by atoms with Crippen molar-refractivity contribution in [1.29, 1.82) is 0 Å². The van der Waals surface area contributed by atoms with Crippen LogP contribution in [0.1, 0.15) is 6.42 Å². The van der Waals surface area contributed by atoms with E-state index in [2.05, 4.69) is 36.4 Å². The first-order valence-electron chi connectivity index (χ1n) is 8.83. The van der Waals surface area contributed by atoms with Gasteiger partial charge in [-0.1, -0.05) is 66.7 Å². The zero-order valence-electron chi connectivity index (χ0n) is 14.3. The highest BCUT2D eigenvalue weighted by Gasteiger charge is 2.43. The minimum absolute atomic E-state index is 0.116. The van der Waals surface area contributed by atoms with E-state index in [1.54, 1.807) is 0 Å². The Balaban J connectivity index is 1.64. The molecule has 3 aromatic rings. The fourth-order valence-corrected chi connectivity index (χ4v) is 3.24. The first-order chi connectivity index (χ1) is 12.7. The Hall–Kier alpha value is -3.07. The molecule has 1 saturated carbocycles. The maximum atomic E-state index is 11.0. The van der Waals surface area contributed by atoms with Crippen molar-refractivity contribution in [2.24, 2.45) is 11.8 Å². The maximum Gasteiger partial charge on any atom is 0.306 e. The summed E-state index contributed by atoms with van der Waals surface area (Å²) >= 11 is 0. The summed E-state index contributed by atoms with van der Waals surface area (Å²) in [5.41, 5.74) is 4.40. The molecule has 0 aromatic heterocycles. The van der Waals surface area contributed by atoms with Gasteiger partial charge in [-0.2, -0.15) is 0 Å². The molecular formula is C23H20O3. The molecule has 1 aliphatic carbocycles. The molecule has 1 aliphatic rings. The monoisotopic (exact) mass is 344 g/mol. The third-order valence-corrected chi connectivity index (χ3v) is 4.86. The van der Waals surface area contributed by atoms with Gasteiger partial charge in [0.2, 0.25) is 0 Å². The number of carboxylic acid groups (broad SMARTS) is 1. The molecule has 0 radical (unpaired) electrons. The standard InChI is InChI=1S/C23H20O3/c24-23(25)21-14-19(21)15-26-22-12-11-18(16-7-3-1-4-8-16)13-20(22)17-9-5-2-6-10-17/h1-13,19,21H,14-15H2,(H,24,25)/t19-,21+/m0/s1. The summed E-state index contributed by atoms with van der Waals surface area (Å²) in [6.07, 6.45) is 0.706. The van der Waals surface area contributed by atoms with Crippen LogP contribution in [-0.4, -0.2) is 17.7 Å². The lowest BCUT2D eigenvalue weighted by Gasteiger charge is -2.14. The third-order valence-electron chi connectivity index (χ3n) is 4.86. The van der Waals surface area contributed by atoms with Gasteiger partial charge in [0, 0.05) is 11.5 Å². The van der Waals surface area contributed by atoms with Gasteiger partial charge in [-0.15, -0.1) is 0 Å². The van der Waals surface area contributed by atoms with Crippen molar-refractivity contribution >= 4 is 5.97 Å². The Labute approximate surface area is 152 Å². The number of hydrogen-bond acceptors (Lipinski definition) is 2. The molecule has 26 heavy (non-hydrogen) atoms. The Kier molecular flexibility index (Phi) is 4.44. The van der Waals surface area contributed by atoms with Crippen LogP contribution in [0.5, 0.6) is 5.75 Å². The quantitative estimate of drug-likeness (QED) is 0.675. The van der Waals surface area contributed by atoms with Gasteiger partial charge < -0.3 is 9.84 Å². The van der Waals surface area contributed by atoms with Crippen LogP contribution >= 0.6 is 0 Å². The van der Waals surface area contributed by atoms with Crippen LogP contribution in [0.4, 0.5) is 0 Å². The van der Waals surface area contributed by atoms with Crippen LogP contribution in [0.2, 0.25) is 0 Å². The molecule has 0 heterocycles. The minimum Gasteiger partial charge on any atom is -0.493 e. The van der Waals surface area contributed by atoms with Crippen molar-refractivity contribution in [3.8, 4) is 28.0 Å². The molecule has 1 N–H and O–H groups in total. The highest BCUT2D eigenvalue weighted by atomic mass is 16.5. The van der Waals surface area contributed by atoms with E-state index in [4.69, 9.17) is 9.84 Å². The van der Waals surface area contributed by atoms with Gasteiger partial charge in [0.15, 0.2) is 0 Å². The van der Waals surface area contributed by atoms with E-state index in [9.17, 15) is 4.79 Å². The largest absolute Gasteiger partial charge is 0.493 e. The molecule has 0 amide bonds. The summed E-state index contributed by atoms with van der Waals surface area (Å²) in [5, 5.41) is 9.06. The second-order valence-corrected chi connectivity index (χ2v) is 6.69. The lowest BCUT2D eigenvalue weighted by molar-refractivity contribution is -0.138. The van der Waals surface area contributed by atoms with Gasteiger partial charge in [0.1, 0.15) is 5.75 Å². The Bertz CT molecular complexity index is 903. The normalized spacial score (nSPS) is 18.3. The number of carbonyl (C=O) groups is 1. The molecule has 0 saturated heterocycles. The molecule has 1 fully saturated rings. The Morgan fingerprint density at radius 1 is 0.885 bits per heavy atom. The molecule has 3 heteroatoms. The number of aliphatic carboxylic acids is 1. The van der Waals surface area contributed by atoms with E-state index in [-0.39, 0.29) is 11.8 Å². The summed E-state index contributed by atoms with van der Waals surface area (Å²) in [6.45, 7) is 0.446. The first kappa shape index (κ1) is 16.4. The van der Waals surface area contributed by atoms with Crippen molar-refractivity contribution in [2.45, 2.75) is 6.42 Å². The number of benzene rings is 3. The molecule has 4 rings (SSSR count). The van der Waals surface area contributed by atoms with Crippen molar-refractivity contribution < 1.29 is 14.6 Å². The number of carboxylic acids is 1. The minimum atomic E-state index is -0.721. The van der Waals surface area contributed by atoms with Gasteiger partial charge in [0.05, 0.1) is 12.5 Å². The highest BCUT2D eigenvalue weighted by Crippen LogP contribution is 2.40. The van der Waals surface area contributed by atoms with Crippen LogP contribution in [-0.2, 0) is 4.79 Å². The SMILES string of the molecule is O=C(O)[C@@H]1C[C@H]1COc1ccc(-c2ccccc2)cc1-c1ccccc1. The molecule has 0 unspecified atom stereocenters. The lowest BCUT2D eigenvalue weighted by atomic mass is 9.98. The van der Waals surface area contributed by atoms with Crippen molar-refractivity contribution in [3.63, 3.8) is 0 Å². The van der Waals surface area contributed by atoms with Crippen molar-refractivity contribution in [3.05, 3.63) is 78.9 Å². The smallest absolute Gasteiger partial charge is 0.306 e. The molecule has 0 aliphatic heterocycles. The van der Waals surface area contributed by atoms with Crippen LogP contribution in [0, 0.1) is 11.8 Å². The van der Waals surface area contributed by atoms with Crippen LogP contribution < -0.4 is 4.74 Å². The van der Waals surface area contributed by atoms with Gasteiger partial charge in [-0.25, -0.2) is 0 Å². The van der Waals surface area contributed by atoms with Crippen LogP contribution in [0.15, 0.2) is 78.9 Å². The molecule has 130 valence electrons. The van der Waals surface area contributed by atoms with Gasteiger partial charge >= 0.3 is 5.97 Å². The summed E-state index contributed by atoms with van der Waals surface area (Å²) in [5.74, 6) is -0.0584. The Morgan fingerprint density at radius 3 is 2.15 bits per heavy atom. The van der Waals surface area contributed by atoms with Gasteiger partial charge in [-0.05, 0) is 35.2 Å². The molecule has 3 aromatic carbocycles. The number of ether oxygens (including phenoxy) is 1. The Morgan fingerprint density at radius 2 is 1.54 bits per heavy atom. The van der Waals surface area contributed by atoms with E-state index < -0.39 is 5.97 Å². The zero-order chi connectivity index (χ0) is 17.9. The topological polar surface area (TPSA) is 46.5 Å². The highest BCUT2D eigenvalue weighted by molar-refractivity contribution is 5.78. The zero-order valence-corrected chi connectivity index (χ0v) is 14.3. The maximum absolute atomic E-state index is 11.0. The second kappa shape index (κ2) is 7.04. The number of hydrogen-bond donors (Lipinski definition) is 1. The third kappa shape index (κ3) is 3.47. The summed E-state index contributed by atoms with van der Waals surface area (Å²) in [4.78, 5) is 11.0. The summed E-state index contributed by atoms with van der Waals surface area (Å²) in [6, 6.07) is 26.6. The van der Waals surface area contributed by atoms with E-state index >= 15 is 0 Å². The van der Waals surface area contributed by atoms with Gasteiger partial charge in [-0.3, -0.25) is 4.79 Å². The predicted octanol–water partition coefficient (Wildman–Crippen LogP) is 5.12. The van der Waals surface area contributed by atoms with E-state index in [1.165, 1.54) is 0 Å². The molecular weight excluding hydrogens is 324 g/mol. The summed E-state index contributed by atoms with van der Waals surface area (Å²) in [7, 11) is 0. The molecule has 3 nitrogen and oxygen atoms in total. The van der Waals surface area contributed by atoms with Crippen molar-refractivity contribution in [2.75, 3.05) is 6.61 Å². The van der Waals surface area contributed by atoms with E-state index in [0.29, 0.717) is 13.0 Å². The predicted molar refractivity (Wildman–Crippen MR) is 102 cm³/mol. The molecule has 0 spiro atoms.